The molecule has 1 aromatic heterocycles. The number of nitrogens with one attached hydrogen (secondary N) is 1. The van der Waals surface area contributed by atoms with Gasteiger partial charge in [-0.15, -0.1) is 0 Å². The number of aromatic amines is 1. The summed E-state index contributed by atoms with van der Waals surface area (Å²) >= 11 is 2.09. The average Bonchev–Trinajstić information content (AvgIpc) is 3.13. The summed E-state index contributed by atoms with van der Waals surface area (Å²) in [7, 11) is 2.81. The van der Waals surface area contributed by atoms with E-state index in [1.54, 1.807) is 12.1 Å². The number of aryl methyl sites for hydroxylation is 2. The van der Waals surface area contributed by atoms with Gasteiger partial charge in [-0.3, -0.25) is 0 Å². The molecule has 0 aliphatic carbocycles. The summed E-state index contributed by atoms with van der Waals surface area (Å²) in [6, 6.07) is 9.81. The molecule has 0 fully saturated rings. The number of carbonyl (C=O) groups is 1. The minimum atomic E-state index is -0.487. The average molecular weight is 517 g/mol. The number of H-pyrrole nitrogens is 1. The van der Waals surface area contributed by atoms with E-state index < -0.39 is 5.97 Å². The number of nitrogens with zero attached hydrogens (tertiary/aromatic N) is 2. The Morgan fingerprint density at radius 1 is 1.23 bits per heavy atom. The lowest BCUT2D eigenvalue weighted by atomic mass is 10.1. The van der Waals surface area contributed by atoms with E-state index in [4.69, 9.17) is 9.47 Å². The predicted molar refractivity (Wildman–Crippen MR) is 122 cm³/mol. The van der Waals surface area contributed by atoms with Crippen LogP contribution in [0.4, 0.5) is 0 Å². The molecule has 30 heavy (non-hydrogen) atoms. The SMILES string of the molecule is COC(=O)COc1c(I)cc(C=C(C#N)c2nc3cc(C)c(C)cc3[nH]2)cc1OC. The van der Waals surface area contributed by atoms with Crippen LogP contribution in [0.2, 0.25) is 0 Å². The number of esters is 1. The smallest absolute Gasteiger partial charge is 0.343 e. The Morgan fingerprint density at radius 2 is 1.97 bits per heavy atom. The van der Waals surface area contributed by atoms with Crippen molar-refractivity contribution in [2.75, 3.05) is 20.8 Å². The summed E-state index contributed by atoms with van der Waals surface area (Å²) in [6.45, 7) is 3.84. The lowest BCUT2D eigenvalue weighted by Gasteiger charge is -2.13. The first-order chi connectivity index (χ1) is 14.4. The number of halogens is 1. The molecule has 3 rings (SSSR count). The number of nitriles is 1. The second-order valence-electron chi connectivity index (χ2n) is 6.61. The van der Waals surface area contributed by atoms with E-state index in [-0.39, 0.29) is 6.61 Å². The van der Waals surface area contributed by atoms with Crippen LogP contribution in [-0.2, 0) is 9.53 Å². The zero-order valence-electron chi connectivity index (χ0n) is 17.0. The van der Waals surface area contributed by atoms with Gasteiger partial charge in [0.1, 0.15) is 11.9 Å². The minimum absolute atomic E-state index is 0.223. The Balaban J connectivity index is 1.99. The molecule has 0 radical (unpaired) electrons. The standard InChI is InChI=1S/C22H20IN3O4/c1-12-5-17-18(6-13(12)2)26-22(25-17)15(10-24)7-14-8-16(23)21(19(9-14)28-3)30-11-20(27)29-4/h5-9H,11H2,1-4H3,(H,25,26). The van der Waals surface area contributed by atoms with Gasteiger partial charge in [0.05, 0.1) is 34.4 Å². The van der Waals surface area contributed by atoms with Crippen LogP contribution < -0.4 is 9.47 Å². The molecule has 8 heteroatoms. The highest BCUT2D eigenvalue weighted by Gasteiger charge is 2.15. The molecule has 0 amide bonds. The van der Waals surface area contributed by atoms with Crippen molar-refractivity contribution < 1.29 is 19.0 Å². The second-order valence-corrected chi connectivity index (χ2v) is 7.77. The van der Waals surface area contributed by atoms with E-state index in [1.165, 1.54) is 14.2 Å². The molecule has 0 unspecified atom stereocenters. The van der Waals surface area contributed by atoms with Gasteiger partial charge < -0.3 is 19.2 Å². The highest BCUT2D eigenvalue weighted by atomic mass is 127. The van der Waals surface area contributed by atoms with Gasteiger partial charge >= 0.3 is 5.97 Å². The monoisotopic (exact) mass is 517 g/mol. The van der Waals surface area contributed by atoms with E-state index in [0.717, 1.165) is 31.3 Å². The van der Waals surface area contributed by atoms with Crippen LogP contribution in [-0.4, -0.2) is 36.8 Å². The van der Waals surface area contributed by atoms with Crippen LogP contribution in [0.15, 0.2) is 24.3 Å². The van der Waals surface area contributed by atoms with Crippen LogP contribution >= 0.6 is 22.6 Å². The third kappa shape index (κ3) is 4.57. The van der Waals surface area contributed by atoms with Crippen LogP contribution in [0.3, 0.4) is 0 Å². The molecule has 0 saturated heterocycles. The first-order valence-electron chi connectivity index (χ1n) is 9.02. The summed E-state index contributed by atoms with van der Waals surface area (Å²) in [5.41, 5.74) is 5.13. The number of hydrogen-bond acceptors (Lipinski definition) is 6. The van der Waals surface area contributed by atoms with E-state index in [2.05, 4.69) is 43.4 Å². The lowest BCUT2D eigenvalue weighted by molar-refractivity contribution is -0.142. The van der Waals surface area contributed by atoms with Crippen molar-refractivity contribution in [2.24, 2.45) is 0 Å². The van der Waals surface area contributed by atoms with E-state index in [1.807, 2.05) is 32.0 Å². The maximum Gasteiger partial charge on any atom is 0.343 e. The van der Waals surface area contributed by atoms with Gasteiger partial charge in [-0.05, 0) is 83.5 Å². The number of fused-ring (bicyclic) bond motifs is 1. The Kier molecular flexibility index (Phi) is 6.62. The van der Waals surface area contributed by atoms with Gasteiger partial charge in [-0.1, -0.05) is 0 Å². The van der Waals surface area contributed by atoms with Crippen LogP contribution in [0.5, 0.6) is 11.5 Å². The number of methoxy groups -OCH3 is 2. The molecule has 1 heterocycles. The fourth-order valence-electron chi connectivity index (χ4n) is 2.87. The number of benzene rings is 2. The first-order valence-corrected chi connectivity index (χ1v) is 10.1. The Hall–Kier alpha value is -3.06. The molecular formula is C22H20IN3O4. The molecule has 0 aliphatic heterocycles. The van der Waals surface area contributed by atoms with E-state index in [0.29, 0.717) is 22.9 Å². The molecule has 2 aromatic carbocycles. The summed E-state index contributed by atoms with van der Waals surface area (Å²) in [5.74, 6) is 0.899. The summed E-state index contributed by atoms with van der Waals surface area (Å²) in [6.07, 6.45) is 1.73. The van der Waals surface area contributed by atoms with E-state index >= 15 is 0 Å². The molecule has 1 N–H and O–H groups in total. The minimum Gasteiger partial charge on any atom is -0.493 e. The first kappa shape index (κ1) is 21.6. The molecule has 154 valence electrons. The summed E-state index contributed by atoms with van der Waals surface area (Å²) in [4.78, 5) is 19.2. The van der Waals surface area contributed by atoms with Crippen LogP contribution in [0, 0.1) is 28.7 Å². The molecule has 3 aromatic rings. The van der Waals surface area contributed by atoms with Gasteiger partial charge in [-0.2, -0.15) is 5.26 Å². The number of hydrogen-bond donors (Lipinski definition) is 1. The molecule has 0 saturated carbocycles. The third-order valence-corrected chi connectivity index (χ3v) is 5.40. The molecule has 0 bridgehead atoms. The molecule has 0 spiro atoms. The molecule has 7 nitrogen and oxygen atoms in total. The van der Waals surface area contributed by atoms with E-state index in [9.17, 15) is 10.1 Å². The van der Waals surface area contributed by atoms with Crippen molar-refractivity contribution in [1.29, 1.82) is 5.26 Å². The predicted octanol–water partition coefficient (Wildman–Crippen LogP) is 4.41. The number of aromatic nitrogens is 2. The fraction of sp³-hybridized carbons (Fsp3) is 0.227. The quantitative estimate of drug-likeness (QED) is 0.296. The number of imidazole rings is 1. The topological polar surface area (TPSA) is 97.2 Å². The van der Waals surface area contributed by atoms with Crippen molar-refractivity contribution in [3.8, 4) is 17.6 Å². The van der Waals surface area contributed by atoms with Gasteiger partial charge in [0.25, 0.3) is 0 Å². The van der Waals surface area contributed by atoms with Crippen LogP contribution in [0.1, 0.15) is 22.5 Å². The van der Waals surface area contributed by atoms with Crippen molar-refractivity contribution in [3.63, 3.8) is 0 Å². The van der Waals surface area contributed by atoms with Gasteiger partial charge in [0.15, 0.2) is 18.1 Å². The normalized spacial score (nSPS) is 11.3. The zero-order chi connectivity index (χ0) is 21.8. The van der Waals surface area contributed by atoms with Crippen molar-refractivity contribution in [3.05, 3.63) is 50.4 Å². The molecular weight excluding hydrogens is 497 g/mol. The number of carbonyl (C=O) groups excluding carboxylic acids is 1. The molecule has 0 aliphatic rings. The number of ether oxygens (including phenoxy) is 3. The Morgan fingerprint density at radius 3 is 2.63 bits per heavy atom. The maximum atomic E-state index is 11.4. The Labute approximate surface area is 187 Å². The van der Waals surface area contributed by atoms with Crippen molar-refractivity contribution in [2.45, 2.75) is 13.8 Å². The largest absolute Gasteiger partial charge is 0.493 e. The number of allylic oxidation sites excluding steroid dienone is 1. The van der Waals surface area contributed by atoms with Gasteiger partial charge in [0, 0.05) is 0 Å². The zero-order valence-corrected chi connectivity index (χ0v) is 19.2. The Bertz CT molecular complexity index is 1150. The highest BCUT2D eigenvalue weighted by molar-refractivity contribution is 14.1. The summed E-state index contributed by atoms with van der Waals surface area (Å²) < 4.78 is 16.3. The highest BCUT2D eigenvalue weighted by Crippen LogP contribution is 2.35. The van der Waals surface area contributed by atoms with Crippen LogP contribution in [0.25, 0.3) is 22.7 Å². The third-order valence-electron chi connectivity index (χ3n) is 4.60. The lowest BCUT2D eigenvalue weighted by Crippen LogP contribution is -2.13. The number of rotatable bonds is 6. The van der Waals surface area contributed by atoms with Gasteiger partial charge in [-0.25, -0.2) is 9.78 Å². The van der Waals surface area contributed by atoms with Crippen molar-refractivity contribution in [1.82, 2.24) is 9.97 Å². The summed E-state index contributed by atoms with van der Waals surface area (Å²) in [5, 5.41) is 9.71. The fourth-order valence-corrected chi connectivity index (χ4v) is 3.65. The molecule has 0 atom stereocenters. The van der Waals surface area contributed by atoms with Crippen molar-refractivity contribution >= 4 is 51.2 Å². The second kappa shape index (κ2) is 9.17. The maximum absolute atomic E-state index is 11.4. The van der Waals surface area contributed by atoms with Gasteiger partial charge in [0.2, 0.25) is 0 Å².